The van der Waals surface area contributed by atoms with Gasteiger partial charge in [-0.15, -0.1) is 0 Å². The van der Waals surface area contributed by atoms with Crippen molar-refractivity contribution in [2.24, 2.45) is 12.5 Å². The first-order valence-electron chi connectivity index (χ1n) is 14.6. The van der Waals surface area contributed by atoms with Gasteiger partial charge in [0.1, 0.15) is 17.6 Å². The molecule has 0 bridgehead atoms. The van der Waals surface area contributed by atoms with Crippen molar-refractivity contribution in [1.29, 1.82) is 5.26 Å². The summed E-state index contributed by atoms with van der Waals surface area (Å²) in [5.41, 5.74) is 5.05. The summed E-state index contributed by atoms with van der Waals surface area (Å²) in [6, 6.07) is 6.05. The number of carbonyl (C=O) groups excluding carboxylic acids is 1. The summed E-state index contributed by atoms with van der Waals surface area (Å²) in [5.74, 6) is 1.57. The van der Waals surface area contributed by atoms with Gasteiger partial charge < -0.3 is 14.0 Å². The van der Waals surface area contributed by atoms with Gasteiger partial charge in [-0.25, -0.2) is 0 Å². The number of unbranched alkanes of at least 4 members (excludes halogenated alkanes) is 1. The molecule has 0 spiro atoms. The number of hydrogen-bond acceptors (Lipinski definition) is 6. The fraction of sp³-hybridized carbons (Fsp3) is 0.559. The molecular formula is C34H51N3O4. The molecule has 7 nitrogen and oxygen atoms in total. The Hall–Kier alpha value is -3.37. The van der Waals surface area contributed by atoms with Gasteiger partial charge in [-0.2, -0.15) is 5.26 Å². The van der Waals surface area contributed by atoms with Crippen molar-refractivity contribution in [2.45, 2.75) is 87.6 Å². The molecule has 226 valence electrons. The Morgan fingerprint density at radius 1 is 1.02 bits per heavy atom. The third-order valence-electron chi connectivity index (χ3n) is 6.92. The van der Waals surface area contributed by atoms with E-state index in [1.807, 2.05) is 46.9 Å². The first-order valence-corrected chi connectivity index (χ1v) is 14.6. The third-order valence-corrected chi connectivity index (χ3v) is 6.92. The van der Waals surface area contributed by atoms with Gasteiger partial charge in [0, 0.05) is 37.3 Å². The second-order valence-corrected chi connectivity index (χ2v) is 11.5. The monoisotopic (exact) mass is 565 g/mol. The van der Waals surface area contributed by atoms with Gasteiger partial charge in [0.25, 0.3) is 5.56 Å². The zero-order valence-corrected chi connectivity index (χ0v) is 27.2. The van der Waals surface area contributed by atoms with Gasteiger partial charge >= 0.3 is 0 Å². The lowest BCUT2D eigenvalue weighted by Gasteiger charge is -2.24. The Bertz CT molecular complexity index is 1270. The van der Waals surface area contributed by atoms with Crippen LogP contribution in [0.3, 0.4) is 0 Å². The average Bonchev–Trinajstić information content (AvgIpc) is 2.94. The van der Waals surface area contributed by atoms with Crippen LogP contribution in [0.4, 0.5) is 0 Å². The molecule has 0 aliphatic rings. The topological polar surface area (TPSA) is 84.6 Å². The quantitative estimate of drug-likeness (QED) is 0.201. The molecule has 0 saturated heterocycles. The fourth-order valence-corrected chi connectivity index (χ4v) is 4.55. The Labute approximate surface area is 247 Å². The number of ketones is 1. The predicted octanol–water partition coefficient (Wildman–Crippen LogP) is 7.16. The molecule has 0 amide bonds. The number of rotatable bonds is 12. The number of pyridine rings is 1. The lowest BCUT2D eigenvalue weighted by atomic mass is 9.92. The van der Waals surface area contributed by atoms with Crippen molar-refractivity contribution >= 4 is 5.78 Å². The Morgan fingerprint density at radius 3 is 2.05 bits per heavy atom. The van der Waals surface area contributed by atoms with Crippen molar-refractivity contribution in [1.82, 2.24) is 9.47 Å². The molecule has 2 rings (SSSR count). The van der Waals surface area contributed by atoms with E-state index in [4.69, 9.17) is 14.7 Å². The summed E-state index contributed by atoms with van der Waals surface area (Å²) >= 11 is 0. The summed E-state index contributed by atoms with van der Waals surface area (Å²) in [4.78, 5) is 25.8. The maximum atomic E-state index is 12.3. The number of nitrogens with zero attached hydrogens (tertiary/aromatic N) is 3. The number of aromatic nitrogens is 1. The number of Topliss-reactive ketones (excluding diaryl/α,β-unsaturated/α-hetero) is 1. The molecule has 0 aliphatic heterocycles. The maximum absolute atomic E-state index is 12.3. The second-order valence-electron chi connectivity index (χ2n) is 11.5. The SMILES string of the molecule is CCC(=O)/C(C#N)=C/C(C)(C)C.CCCCN(CCC)Cc1c(OC)cc(-c2cn(C)c(=O)c(C)c2C)cc1OC. The average molecular weight is 566 g/mol. The van der Waals surface area contributed by atoms with Crippen molar-refractivity contribution < 1.29 is 14.3 Å². The molecule has 1 aromatic heterocycles. The highest BCUT2D eigenvalue weighted by atomic mass is 16.5. The van der Waals surface area contributed by atoms with Gasteiger partial charge in [0.2, 0.25) is 0 Å². The normalized spacial score (nSPS) is 11.5. The van der Waals surface area contributed by atoms with E-state index < -0.39 is 0 Å². The first kappa shape index (κ1) is 35.7. The van der Waals surface area contributed by atoms with Crippen LogP contribution < -0.4 is 15.0 Å². The van der Waals surface area contributed by atoms with Crippen LogP contribution in [0.5, 0.6) is 11.5 Å². The molecule has 0 unspecified atom stereocenters. The molecule has 0 radical (unpaired) electrons. The van der Waals surface area contributed by atoms with E-state index in [9.17, 15) is 9.59 Å². The van der Waals surface area contributed by atoms with E-state index in [2.05, 4.69) is 30.9 Å². The number of hydrogen-bond donors (Lipinski definition) is 0. The lowest BCUT2D eigenvalue weighted by molar-refractivity contribution is -0.114. The van der Waals surface area contributed by atoms with E-state index in [0.717, 1.165) is 65.4 Å². The molecular weight excluding hydrogens is 514 g/mol. The van der Waals surface area contributed by atoms with E-state index >= 15 is 0 Å². The lowest BCUT2D eigenvalue weighted by Crippen LogP contribution is -2.25. The number of methoxy groups -OCH3 is 2. The van der Waals surface area contributed by atoms with Crippen LogP contribution in [-0.2, 0) is 18.4 Å². The Kier molecular flexibility index (Phi) is 14.6. The molecule has 0 N–H and O–H groups in total. The molecule has 1 aromatic carbocycles. The number of allylic oxidation sites excluding steroid dienone is 2. The Morgan fingerprint density at radius 2 is 1.61 bits per heavy atom. The van der Waals surface area contributed by atoms with Crippen LogP contribution in [0.15, 0.2) is 34.8 Å². The van der Waals surface area contributed by atoms with E-state index in [1.165, 1.54) is 12.8 Å². The highest BCUT2D eigenvalue weighted by Gasteiger charge is 2.19. The van der Waals surface area contributed by atoms with Gasteiger partial charge in [0.15, 0.2) is 5.78 Å². The summed E-state index contributed by atoms with van der Waals surface area (Å²) < 4.78 is 13.2. The van der Waals surface area contributed by atoms with Gasteiger partial charge in [-0.05, 0) is 68.5 Å². The minimum atomic E-state index is -0.101. The Balaban J connectivity index is 0.000000590. The molecule has 0 fully saturated rings. The summed E-state index contributed by atoms with van der Waals surface area (Å²) in [5, 5.41) is 8.65. The van der Waals surface area contributed by atoms with E-state index in [1.54, 1.807) is 38.8 Å². The van der Waals surface area contributed by atoms with Crippen LogP contribution >= 0.6 is 0 Å². The summed E-state index contributed by atoms with van der Waals surface area (Å²) in [7, 11) is 5.20. The molecule has 1 heterocycles. The molecule has 0 atom stereocenters. The number of nitriles is 1. The molecule has 7 heteroatoms. The number of carbonyl (C=O) groups is 1. The molecule has 2 aromatic rings. The van der Waals surface area contributed by atoms with E-state index in [-0.39, 0.29) is 22.3 Å². The van der Waals surface area contributed by atoms with Crippen LogP contribution in [0, 0.1) is 30.6 Å². The molecule has 0 saturated carbocycles. The van der Waals surface area contributed by atoms with Crippen LogP contribution in [0.2, 0.25) is 0 Å². The fourth-order valence-electron chi connectivity index (χ4n) is 4.55. The summed E-state index contributed by atoms with van der Waals surface area (Å²) in [6.45, 7) is 18.9. The minimum Gasteiger partial charge on any atom is -0.496 e. The van der Waals surface area contributed by atoms with Crippen molar-refractivity contribution in [3.05, 3.63) is 57.0 Å². The van der Waals surface area contributed by atoms with Crippen molar-refractivity contribution in [3.63, 3.8) is 0 Å². The van der Waals surface area contributed by atoms with Gasteiger partial charge in [-0.3, -0.25) is 14.5 Å². The van der Waals surface area contributed by atoms with Crippen LogP contribution in [0.1, 0.15) is 83.9 Å². The molecule has 41 heavy (non-hydrogen) atoms. The number of aryl methyl sites for hydroxylation is 1. The number of benzene rings is 1. The highest BCUT2D eigenvalue weighted by Crippen LogP contribution is 2.37. The zero-order valence-electron chi connectivity index (χ0n) is 27.2. The summed E-state index contributed by atoms with van der Waals surface area (Å²) in [6.07, 6.45) is 7.48. The zero-order chi connectivity index (χ0) is 31.3. The maximum Gasteiger partial charge on any atom is 0.253 e. The van der Waals surface area contributed by atoms with Gasteiger partial charge in [-0.1, -0.05) is 54.0 Å². The van der Waals surface area contributed by atoms with Crippen molar-refractivity contribution in [2.75, 3.05) is 27.3 Å². The van der Waals surface area contributed by atoms with Crippen molar-refractivity contribution in [3.8, 4) is 28.7 Å². The largest absolute Gasteiger partial charge is 0.496 e. The smallest absolute Gasteiger partial charge is 0.253 e. The standard InChI is InChI=1S/C24H36N2O3.C10H15NO/c1-8-10-12-26(11-9-2)16-21-22(28-6)13-19(14-23(21)29-7)20-15-25(5)24(27)18(4)17(20)3;1-5-9(12)8(7-11)6-10(2,3)4/h13-15H,8-12,16H2,1-7H3;6H,5H2,1-4H3/b;8-6+. The number of ether oxygens (including phenoxy) is 2. The van der Waals surface area contributed by atoms with Crippen LogP contribution in [-0.4, -0.2) is 42.6 Å². The third kappa shape index (κ3) is 10.5. The first-order chi connectivity index (χ1) is 19.3. The van der Waals surface area contributed by atoms with Crippen LogP contribution in [0.25, 0.3) is 11.1 Å². The minimum absolute atomic E-state index is 0.0351. The second kappa shape index (κ2) is 16.8. The highest BCUT2D eigenvalue weighted by molar-refractivity contribution is 5.98. The molecule has 0 aliphatic carbocycles. The van der Waals surface area contributed by atoms with Gasteiger partial charge in [0.05, 0.1) is 25.4 Å². The van der Waals surface area contributed by atoms with E-state index in [0.29, 0.717) is 6.42 Å². The predicted molar refractivity (Wildman–Crippen MR) is 169 cm³/mol.